The lowest BCUT2D eigenvalue weighted by molar-refractivity contribution is -0.137. The van der Waals surface area contributed by atoms with E-state index in [0.29, 0.717) is 5.56 Å². The summed E-state index contributed by atoms with van der Waals surface area (Å²) in [5.41, 5.74) is -0.273. The molecule has 2 unspecified atom stereocenters. The second kappa shape index (κ2) is 7.61. The molecule has 0 saturated carbocycles. The van der Waals surface area contributed by atoms with Crippen molar-refractivity contribution in [1.82, 2.24) is 0 Å². The summed E-state index contributed by atoms with van der Waals surface area (Å²) in [6, 6.07) is 12.2. The summed E-state index contributed by atoms with van der Waals surface area (Å²) in [7, 11) is 0. The first-order valence-electron chi connectivity index (χ1n) is 7.64. The summed E-state index contributed by atoms with van der Waals surface area (Å²) in [5, 5.41) is 10.4. The van der Waals surface area contributed by atoms with Crippen molar-refractivity contribution in [2.24, 2.45) is 5.92 Å². The Bertz CT molecular complexity index is 737. The van der Waals surface area contributed by atoms with Gasteiger partial charge in [0.1, 0.15) is 5.78 Å². The van der Waals surface area contributed by atoms with Crippen LogP contribution < -0.4 is 0 Å². The fourth-order valence-electron chi connectivity index (χ4n) is 2.52. The molecule has 0 spiro atoms. The molecular weight excluding hydrogens is 333 g/mol. The standard InChI is InChI=1S/C19H17F3O3/c1-12(23)16(11-17(24)13-5-3-2-4-6-13)18(25)14-7-9-15(10-8-14)19(20,21)22/h2-10,16,18,25H,11H2,1H3. The van der Waals surface area contributed by atoms with Crippen LogP contribution in [0.4, 0.5) is 13.2 Å². The molecule has 3 nitrogen and oxygen atoms in total. The van der Waals surface area contributed by atoms with Gasteiger partial charge in [-0.3, -0.25) is 9.59 Å². The second-order valence-electron chi connectivity index (χ2n) is 5.78. The third-order valence-corrected chi connectivity index (χ3v) is 3.98. The summed E-state index contributed by atoms with van der Waals surface area (Å²) in [6.45, 7) is 1.25. The van der Waals surface area contributed by atoms with Crippen LogP contribution in [-0.4, -0.2) is 16.7 Å². The highest BCUT2D eigenvalue weighted by atomic mass is 19.4. The number of rotatable bonds is 6. The van der Waals surface area contributed by atoms with Crippen LogP contribution >= 0.6 is 0 Å². The molecule has 0 aliphatic rings. The van der Waals surface area contributed by atoms with Crippen LogP contribution in [0.2, 0.25) is 0 Å². The number of aliphatic hydroxyl groups excluding tert-OH is 1. The molecule has 0 heterocycles. The minimum absolute atomic E-state index is 0.161. The minimum Gasteiger partial charge on any atom is -0.388 e. The van der Waals surface area contributed by atoms with Gasteiger partial charge in [-0.1, -0.05) is 42.5 Å². The molecule has 0 saturated heterocycles. The number of hydrogen-bond donors (Lipinski definition) is 1. The molecule has 2 atom stereocenters. The zero-order valence-corrected chi connectivity index (χ0v) is 13.5. The zero-order valence-electron chi connectivity index (χ0n) is 13.5. The number of halogens is 3. The lowest BCUT2D eigenvalue weighted by Gasteiger charge is -2.21. The smallest absolute Gasteiger partial charge is 0.388 e. The molecule has 25 heavy (non-hydrogen) atoms. The lowest BCUT2D eigenvalue weighted by Crippen LogP contribution is -2.23. The van der Waals surface area contributed by atoms with Crippen LogP contribution in [0, 0.1) is 5.92 Å². The van der Waals surface area contributed by atoms with Crippen molar-refractivity contribution in [3.05, 3.63) is 71.3 Å². The van der Waals surface area contributed by atoms with E-state index < -0.39 is 29.5 Å². The predicted molar refractivity (Wildman–Crippen MR) is 86.0 cm³/mol. The van der Waals surface area contributed by atoms with Gasteiger partial charge in [-0.05, 0) is 24.6 Å². The predicted octanol–water partition coefficient (Wildman–Crippen LogP) is 4.22. The Morgan fingerprint density at radius 1 is 1.00 bits per heavy atom. The highest BCUT2D eigenvalue weighted by molar-refractivity contribution is 5.98. The van der Waals surface area contributed by atoms with E-state index in [9.17, 15) is 27.9 Å². The molecule has 0 fully saturated rings. The maximum absolute atomic E-state index is 12.6. The number of aliphatic hydroxyl groups is 1. The van der Waals surface area contributed by atoms with Gasteiger partial charge in [0, 0.05) is 12.0 Å². The van der Waals surface area contributed by atoms with E-state index in [0.717, 1.165) is 24.3 Å². The van der Waals surface area contributed by atoms with Crippen molar-refractivity contribution in [2.45, 2.75) is 25.6 Å². The molecule has 6 heteroatoms. The van der Waals surface area contributed by atoms with E-state index >= 15 is 0 Å². The quantitative estimate of drug-likeness (QED) is 0.794. The van der Waals surface area contributed by atoms with Crippen LogP contribution in [0.1, 0.15) is 40.9 Å². The summed E-state index contributed by atoms with van der Waals surface area (Å²) < 4.78 is 37.8. The van der Waals surface area contributed by atoms with Gasteiger partial charge >= 0.3 is 6.18 Å². The molecule has 2 aromatic rings. The lowest BCUT2D eigenvalue weighted by atomic mass is 9.86. The summed E-state index contributed by atoms with van der Waals surface area (Å²) in [5.74, 6) is -1.74. The highest BCUT2D eigenvalue weighted by Gasteiger charge is 2.32. The Kier molecular flexibility index (Phi) is 5.74. The van der Waals surface area contributed by atoms with Crippen LogP contribution in [0.25, 0.3) is 0 Å². The molecule has 0 aliphatic heterocycles. The largest absolute Gasteiger partial charge is 0.416 e. The molecule has 2 rings (SSSR count). The van der Waals surface area contributed by atoms with Gasteiger partial charge < -0.3 is 5.11 Å². The molecule has 0 aliphatic carbocycles. The summed E-state index contributed by atoms with van der Waals surface area (Å²) in [4.78, 5) is 24.1. The monoisotopic (exact) mass is 350 g/mol. The molecular formula is C19H17F3O3. The number of benzene rings is 2. The number of Topliss-reactive ketones (excluding diaryl/α,β-unsaturated/α-hetero) is 2. The van der Waals surface area contributed by atoms with E-state index in [2.05, 4.69) is 0 Å². The topological polar surface area (TPSA) is 54.4 Å². The summed E-state index contributed by atoms with van der Waals surface area (Å²) >= 11 is 0. The van der Waals surface area contributed by atoms with Crippen molar-refractivity contribution in [2.75, 3.05) is 0 Å². The Balaban J connectivity index is 2.19. The first-order valence-corrected chi connectivity index (χ1v) is 7.64. The minimum atomic E-state index is -4.48. The van der Waals surface area contributed by atoms with Crippen molar-refractivity contribution < 1.29 is 27.9 Å². The van der Waals surface area contributed by atoms with Crippen molar-refractivity contribution in [3.8, 4) is 0 Å². The SMILES string of the molecule is CC(=O)C(CC(=O)c1ccccc1)C(O)c1ccc(C(F)(F)F)cc1. The van der Waals surface area contributed by atoms with E-state index in [1.807, 2.05) is 0 Å². The number of hydrogen-bond acceptors (Lipinski definition) is 3. The van der Waals surface area contributed by atoms with Gasteiger partial charge in [0.15, 0.2) is 5.78 Å². The third kappa shape index (κ3) is 4.76. The first-order chi connectivity index (χ1) is 11.7. The fraction of sp³-hybridized carbons (Fsp3) is 0.263. The third-order valence-electron chi connectivity index (χ3n) is 3.98. The van der Waals surface area contributed by atoms with Gasteiger partial charge in [0.25, 0.3) is 0 Å². The van der Waals surface area contributed by atoms with Crippen molar-refractivity contribution in [1.29, 1.82) is 0 Å². The van der Waals surface area contributed by atoms with Gasteiger partial charge in [-0.25, -0.2) is 0 Å². The average Bonchev–Trinajstić information content (AvgIpc) is 2.58. The van der Waals surface area contributed by atoms with Gasteiger partial charge in [0.05, 0.1) is 17.6 Å². The highest BCUT2D eigenvalue weighted by Crippen LogP contribution is 2.32. The maximum Gasteiger partial charge on any atom is 0.416 e. The summed E-state index contributed by atoms with van der Waals surface area (Å²) in [6.07, 6.45) is -6.05. The van der Waals surface area contributed by atoms with Crippen LogP contribution in [0.3, 0.4) is 0 Å². The van der Waals surface area contributed by atoms with Gasteiger partial charge in [-0.2, -0.15) is 13.2 Å². The number of ketones is 2. The van der Waals surface area contributed by atoms with Gasteiger partial charge in [-0.15, -0.1) is 0 Å². The number of carbonyl (C=O) groups is 2. The fourth-order valence-corrected chi connectivity index (χ4v) is 2.52. The van der Waals surface area contributed by atoms with E-state index in [4.69, 9.17) is 0 Å². The Morgan fingerprint density at radius 3 is 2.04 bits per heavy atom. The van der Waals surface area contributed by atoms with Crippen LogP contribution in [0.15, 0.2) is 54.6 Å². The Morgan fingerprint density at radius 2 is 1.56 bits per heavy atom. The zero-order chi connectivity index (χ0) is 18.6. The first kappa shape index (κ1) is 18.9. The molecule has 2 aromatic carbocycles. The Labute approximate surface area is 143 Å². The normalized spacial score (nSPS) is 14.0. The van der Waals surface area contributed by atoms with E-state index in [-0.39, 0.29) is 17.8 Å². The maximum atomic E-state index is 12.6. The van der Waals surface area contributed by atoms with Crippen molar-refractivity contribution >= 4 is 11.6 Å². The number of carbonyl (C=O) groups excluding carboxylic acids is 2. The average molecular weight is 350 g/mol. The van der Waals surface area contributed by atoms with Crippen LogP contribution in [-0.2, 0) is 11.0 Å². The van der Waals surface area contributed by atoms with E-state index in [1.54, 1.807) is 30.3 Å². The van der Waals surface area contributed by atoms with E-state index in [1.165, 1.54) is 6.92 Å². The molecule has 1 N–H and O–H groups in total. The molecule has 0 bridgehead atoms. The Hall–Kier alpha value is -2.47. The van der Waals surface area contributed by atoms with Crippen LogP contribution in [0.5, 0.6) is 0 Å². The molecule has 132 valence electrons. The second-order valence-corrected chi connectivity index (χ2v) is 5.78. The molecule has 0 radical (unpaired) electrons. The number of alkyl halides is 3. The molecule has 0 aromatic heterocycles. The van der Waals surface area contributed by atoms with Gasteiger partial charge in [0.2, 0.25) is 0 Å². The molecule has 0 amide bonds. The van der Waals surface area contributed by atoms with Crippen molar-refractivity contribution in [3.63, 3.8) is 0 Å².